The SMILES string of the molecule is Fc1ccc(-c2ccc(CNc3cccc(I)c3)o2)cc1. The Hall–Kier alpha value is -1.82. The van der Waals surface area contributed by atoms with Gasteiger partial charge in [-0.05, 0) is 77.2 Å². The number of benzene rings is 2. The molecule has 0 amide bonds. The Morgan fingerprint density at radius 3 is 2.57 bits per heavy atom. The highest BCUT2D eigenvalue weighted by Crippen LogP contribution is 2.23. The van der Waals surface area contributed by atoms with Crippen molar-refractivity contribution in [2.75, 3.05) is 5.32 Å². The van der Waals surface area contributed by atoms with Gasteiger partial charge in [-0.2, -0.15) is 0 Å². The van der Waals surface area contributed by atoms with Crippen LogP contribution in [0.2, 0.25) is 0 Å². The lowest BCUT2D eigenvalue weighted by atomic mass is 10.2. The van der Waals surface area contributed by atoms with Crippen LogP contribution in [-0.2, 0) is 6.54 Å². The fraction of sp³-hybridized carbons (Fsp3) is 0.0588. The van der Waals surface area contributed by atoms with Crippen LogP contribution in [0.5, 0.6) is 0 Å². The lowest BCUT2D eigenvalue weighted by Gasteiger charge is -2.04. The summed E-state index contributed by atoms with van der Waals surface area (Å²) in [5, 5.41) is 3.32. The molecule has 0 saturated heterocycles. The second kappa shape index (κ2) is 6.30. The van der Waals surface area contributed by atoms with E-state index >= 15 is 0 Å². The van der Waals surface area contributed by atoms with Crippen molar-refractivity contribution in [3.8, 4) is 11.3 Å². The molecule has 0 aliphatic heterocycles. The molecule has 0 spiro atoms. The van der Waals surface area contributed by atoms with Crippen LogP contribution >= 0.6 is 22.6 Å². The summed E-state index contributed by atoms with van der Waals surface area (Å²) in [5.41, 5.74) is 1.93. The molecule has 2 nitrogen and oxygen atoms in total. The van der Waals surface area contributed by atoms with E-state index in [1.54, 1.807) is 12.1 Å². The quantitative estimate of drug-likeness (QED) is 0.609. The Morgan fingerprint density at radius 1 is 1.00 bits per heavy atom. The van der Waals surface area contributed by atoms with E-state index in [4.69, 9.17) is 4.42 Å². The van der Waals surface area contributed by atoms with Gasteiger partial charge in [0.15, 0.2) is 0 Å². The first-order valence-corrected chi connectivity index (χ1v) is 7.63. The fourth-order valence-electron chi connectivity index (χ4n) is 2.03. The number of rotatable bonds is 4. The molecule has 0 bridgehead atoms. The zero-order chi connectivity index (χ0) is 14.7. The topological polar surface area (TPSA) is 25.2 Å². The number of furan rings is 1. The Balaban J connectivity index is 1.69. The Kier molecular flexibility index (Phi) is 4.24. The maximum Gasteiger partial charge on any atom is 0.134 e. The van der Waals surface area contributed by atoms with Gasteiger partial charge in [-0.15, -0.1) is 0 Å². The summed E-state index contributed by atoms with van der Waals surface area (Å²) in [5.74, 6) is 1.34. The monoisotopic (exact) mass is 393 g/mol. The van der Waals surface area contributed by atoms with Crippen molar-refractivity contribution in [3.63, 3.8) is 0 Å². The van der Waals surface area contributed by atoms with Gasteiger partial charge in [-0.25, -0.2) is 4.39 Å². The van der Waals surface area contributed by atoms with Gasteiger partial charge in [-0.1, -0.05) is 6.07 Å². The third kappa shape index (κ3) is 3.64. The van der Waals surface area contributed by atoms with E-state index in [1.807, 2.05) is 30.3 Å². The Labute approximate surface area is 136 Å². The van der Waals surface area contributed by atoms with Crippen LogP contribution < -0.4 is 5.32 Å². The predicted molar refractivity (Wildman–Crippen MR) is 90.6 cm³/mol. The molecule has 0 aliphatic carbocycles. The summed E-state index contributed by atoms with van der Waals surface area (Å²) in [6, 6.07) is 18.3. The first-order valence-electron chi connectivity index (χ1n) is 6.55. The van der Waals surface area contributed by atoms with E-state index in [2.05, 4.69) is 34.0 Å². The zero-order valence-corrected chi connectivity index (χ0v) is 13.3. The molecule has 1 aromatic heterocycles. The van der Waals surface area contributed by atoms with Crippen molar-refractivity contribution in [2.24, 2.45) is 0 Å². The molecule has 0 saturated carbocycles. The van der Waals surface area contributed by atoms with Crippen LogP contribution in [0.15, 0.2) is 65.1 Å². The van der Waals surface area contributed by atoms with Crippen LogP contribution in [0.1, 0.15) is 5.76 Å². The third-order valence-corrected chi connectivity index (χ3v) is 3.75. The van der Waals surface area contributed by atoms with E-state index in [0.29, 0.717) is 6.54 Å². The van der Waals surface area contributed by atoms with Gasteiger partial charge in [0.05, 0.1) is 6.54 Å². The molecule has 1 N–H and O–H groups in total. The standard InChI is InChI=1S/C17H13FINO/c18-13-6-4-12(5-7-13)17-9-8-16(21-17)11-20-15-3-1-2-14(19)10-15/h1-10,20H,11H2. The molecule has 3 aromatic rings. The smallest absolute Gasteiger partial charge is 0.134 e. The lowest BCUT2D eigenvalue weighted by Crippen LogP contribution is -1.97. The minimum absolute atomic E-state index is 0.245. The number of hydrogen-bond acceptors (Lipinski definition) is 2. The van der Waals surface area contributed by atoms with Gasteiger partial charge in [0.2, 0.25) is 0 Å². The normalized spacial score (nSPS) is 10.6. The minimum Gasteiger partial charge on any atom is -0.459 e. The molecule has 0 atom stereocenters. The molecular weight excluding hydrogens is 380 g/mol. The average Bonchev–Trinajstić information content (AvgIpc) is 2.95. The molecule has 4 heteroatoms. The maximum atomic E-state index is 12.9. The van der Waals surface area contributed by atoms with Gasteiger partial charge < -0.3 is 9.73 Å². The molecule has 2 aromatic carbocycles. The van der Waals surface area contributed by atoms with E-state index in [9.17, 15) is 4.39 Å². The predicted octanol–water partition coefficient (Wildman–Crippen LogP) is 5.30. The second-order valence-electron chi connectivity index (χ2n) is 4.64. The maximum absolute atomic E-state index is 12.9. The first kappa shape index (κ1) is 14.1. The zero-order valence-electron chi connectivity index (χ0n) is 11.1. The highest BCUT2D eigenvalue weighted by Gasteiger charge is 2.05. The number of nitrogens with one attached hydrogen (secondary N) is 1. The van der Waals surface area contributed by atoms with E-state index < -0.39 is 0 Å². The van der Waals surface area contributed by atoms with Gasteiger partial charge >= 0.3 is 0 Å². The van der Waals surface area contributed by atoms with Gasteiger partial charge in [-0.3, -0.25) is 0 Å². The molecular formula is C17H13FINO. The number of anilines is 1. The Bertz CT molecular complexity index is 737. The molecule has 0 fully saturated rings. The van der Waals surface area contributed by atoms with Crippen molar-refractivity contribution in [3.05, 3.63) is 75.8 Å². The van der Waals surface area contributed by atoms with Gasteiger partial charge in [0.1, 0.15) is 17.3 Å². The van der Waals surface area contributed by atoms with Gasteiger partial charge in [0, 0.05) is 14.8 Å². The molecule has 0 unspecified atom stereocenters. The van der Waals surface area contributed by atoms with E-state index in [-0.39, 0.29) is 5.82 Å². The summed E-state index contributed by atoms with van der Waals surface area (Å²) in [7, 11) is 0. The van der Waals surface area contributed by atoms with E-state index in [0.717, 1.165) is 22.8 Å². The van der Waals surface area contributed by atoms with Gasteiger partial charge in [0.25, 0.3) is 0 Å². The third-order valence-electron chi connectivity index (χ3n) is 3.08. The summed E-state index contributed by atoms with van der Waals surface area (Å²) in [4.78, 5) is 0. The molecule has 0 aliphatic rings. The van der Waals surface area contributed by atoms with Crippen LogP contribution in [0.25, 0.3) is 11.3 Å². The van der Waals surface area contributed by atoms with Crippen LogP contribution in [0.4, 0.5) is 10.1 Å². The molecule has 1 heterocycles. The molecule has 106 valence electrons. The van der Waals surface area contributed by atoms with Crippen molar-refractivity contribution in [2.45, 2.75) is 6.54 Å². The van der Waals surface area contributed by atoms with Crippen LogP contribution in [-0.4, -0.2) is 0 Å². The first-order chi connectivity index (χ1) is 10.2. The fourth-order valence-corrected chi connectivity index (χ4v) is 2.57. The lowest BCUT2D eigenvalue weighted by molar-refractivity contribution is 0.531. The van der Waals surface area contributed by atoms with Crippen LogP contribution in [0.3, 0.4) is 0 Å². The number of halogens is 2. The summed E-state index contributed by atoms with van der Waals surface area (Å²) in [6.45, 7) is 0.612. The van der Waals surface area contributed by atoms with E-state index in [1.165, 1.54) is 15.7 Å². The largest absolute Gasteiger partial charge is 0.459 e. The highest BCUT2D eigenvalue weighted by molar-refractivity contribution is 14.1. The van der Waals surface area contributed by atoms with Crippen molar-refractivity contribution in [1.82, 2.24) is 0 Å². The number of hydrogen-bond donors (Lipinski definition) is 1. The summed E-state index contributed by atoms with van der Waals surface area (Å²) < 4.78 is 19.9. The van der Waals surface area contributed by atoms with Crippen LogP contribution in [0, 0.1) is 9.39 Å². The Morgan fingerprint density at radius 2 is 1.81 bits per heavy atom. The average molecular weight is 393 g/mol. The van der Waals surface area contributed by atoms with Crippen molar-refractivity contribution in [1.29, 1.82) is 0 Å². The molecule has 3 rings (SSSR count). The summed E-state index contributed by atoms with van der Waals surface area (Å²) in [6.07, 6.45) is 0. The summed E-state index contributed by atoms with van der Waals surface area (Å²) >= 11 is 2.28. The van der Waals surface area contributed by atoms with Crippen molar-refractivity contribution >= 4 is 28.3 Å². The highest BCUT2D eigenvalue weighted by atomic mass is 127. The minimum atomic E-state index is -0.245. The second-order valence-corrected chi connectivity index (χ2v) is 5.88. The molecule has 21 heavy (non-hydrogen) atoms. The molecule has 0 radical (unpaired) electrons. The van der Waals surface area contributed by atoms with Crippen molar-refractivity contribution < 1.29 is 8.81 Å².